The van der Waals surface area contributed by atoms with Crippen molar-refractivity contribution in [3.63, 3.8) is 0 Å². The number of nitrogens with zero attached hydrogens (tertiary/aromatic N) is 2. The molecule has 1 saturated heterocycles. The Labute approximate surface area is 109 Å². The molecule has 0 amide bonds. The molecule has 1 aromatic heterocycles. The lowest BCUT2D eigenvalue weighted by Crippen LogP contribution is -2.31. The Balaban J connectivity index is 2.12. The SMILES string of the molecule is CN(c1ccnc2c(F)cc(F)cc12)C1CCOC1. The van der Waals surface area contributed by atoms with Gasteiger partial charge in [-0.3, -0.25) is 4.98 Å². The van der Waals surface area contributed by atoms with Crippen LogP contribution in [0.5, 0.6) is 0 Å². The summed E-state index contributed by atoms with van der Waals surface area (Å²) in [5, 5.41) is 0.495. The highest BCUT2D eigenvalue weighted by molar-refractivity contribution is 5.92. The first-order valence-corrected chi connectivity index (χ1v) is 6.21. The molecule has 1 aromatic carbocycles. The molecule has 1 atom stereocenters. The van der Waals surface area contributed by atoms with Crippen LogP contribution in [-0.4, -0.2) is 31.3 Å². The molecule has 2 aromatic rings. The van der Waals surface area contributed by atoms with E-state index in [0.717, 1.165) is 24.8 Å². The van der Waals surface area contributed by atoms with Gasteiger partial charge in [0.1, 0.15) is 11.3 Å². The molecule has 0 radical (unpaired) electrons. The maximum atomic E-state index is 13.7. The number of hydrogen-bond acceptors (Lipinski definition) is 3. The Morgan fingerprint density at radius 1 is 1.37 bits per heavy atom. The van der Waals surface area contributed by atoms with Crippen molar-refractivity contribution in [3.8, 4) is 0 Å². The van der Waals surface area contributed by atoms with Gasteiger partial charge < -0.3 is 9.64 Å². The summed E-state index contributed by atoms with van der Waals surface area (Å²) < 4.78 is 32.5. The van der Waals surface area contributed by atoms with Gasteiger partial charge in [-0.1, -0.05) is 0 Å². The van der Waals surface area contributed by atoms with E-state index in [9.17, 15) is 8.78 Å². The average Bonchev–Trinajstić information content (AvgIpc) is 2.91. The molecule has 2 heterocycles. The van der Waals surface area contributed by atoms with E-state index in [2.05, 4.69) is 4.98 Å². The first-order valence-electron chi connectivity index (χ1n) is 6.21. The van der Waals surface area contributed by atoms with Gasteiger partial charge in [0.05, 0.1) is 12.6 Å². The van der Waals surface area contributed by atoms with Crippen LogP contribution >= 0.6 is 0 Å². The second kappa shape index (κ2) is 4.74. The number of rotatable bonds is 2. The lowest BCUT2D eigenvalue weighted by atomic mass is 10.1. The predicted molar refractivity (Wildman–Crippen MR) is 69.3 cm³/mol. The molecule has 0 saturated carbocycles. The summed E-state index contributed by atoms with van der Waals surface area (Å²) in [5.74, 6) is -1.22. The highest BCUT2D eigenvalue weighted by Crippen LogP contribution is 2.29. The number of ether oxygens (including phenoxy) is 1. The molecule has 19 heavy (non-hydrogen) atoms. The van der Waals surface area contributed by atoms with Crippen LogP contribution in [0.2, 0.25) is 0 Å². The van der Waals surface area contributed by atoms with Crippen molar-refractivity contribution in [2.75, 3.05) is 25.2 Å². The Morgan fingerprint density at radius 3 is 2.95 bits per heavy atom. The minimum absolute atomic E-state index is 0.199. The topological polar surface area (TPSA) is 25.4 Å². The molecule has 3 nitrogen and oxygen atoms in total. The van der Waals surface area contributed by atoms with Crippen molar-refractivity contribution in [3.05, 3.63) is 36.0 Å². The minimum Gasteiger partial charge on any atom is -0.379 e. The molecule has 100 valence electrons. The molecule has 0 N–H and O–H groups in total. The van der Waals surface area contributed by atoms with Crippen LogP contribution < -0.4 is 4.90 Å². The van der Waals surface area contributed by atoms with Gasteiger partial charge in [0.15, 0.2) is 5.82 Å². The smallest absolute Gasteiger partial charge is 0.152 e. The number of aromatic nitrogens is 1. The van der Waals surface area contributed by atoms with Gasteiger partial charge in [-0.05, 0) is 18.6 Å². The Kier molecular flexibility index (Phi) is 3.06. The van der Waals surface area contributed by atoms with Crippen LogP contribution in [0.4, 0.5) is 14.5 Å². The molecule has 1 aliphatic heterocycles. The number of benzene rings is 1. The van der Waals surface area contributed by atoms with E-state index in [1.54, 1.807) is 12.3 Å². The van der Waals surface area contributed by atoms with Crippen molar-refractivity contribution >= 4 is 16.6 Å². The Morgan fingerprint density at radius 2 is 2.21 bits per heavy atom. The molecule has 5 heteroatoms. The normalized spacial score (nSPS) is 19.0. The Hall–Kier alpha value is -1.75. The number of likely N-dealkylation sites (N-methyl/N-ethyl adjacent to an activating group) is 1. The van der Waals surface area contributed by atoms with Crippen LogP contribution in [0.1, 0.15) is 6.42 Å². The number of halogens is 2. The van der Waals surface area contributed by atoms with E-state index >= 15 is 0 Å². The first kappa shape index (κ1) is 12.3. The fourth-order valence-corrected chi connectivity index (χ4v) is 2.50. The van der Waals surface area contributed by atoms with E-state index in [1.165, 1.54) is 6.07 Å². The standard InChI is InChI=1S/C14H14F2N2O/c1-18(10-3-5-19-8-10)13-2-4-17-14-11(13)6-9(15)7-12(14)16/h2,4,6-7,10H,3,5,8H2,1H3. The maximum absolute atomic E-state index is 13.7. The van der Waals surface area contributed by atoms with Gasteiger partial charge in [0.2, 0.25) is 0 Å². The Bertz CT molecular complexity index is 612. The largest absolute Gasteiger partial charge is 0.379 e. The van der Waals surface area contributed by atoms with Crippen LogP contribution in [0.25, 0.3) is 10.9 Å². The molecule has 0 aliphatic carbocycles. The van der Waals surface area contributed by atoms with Gasteiger partial charge in [0.25, 0.3) is 0 Å². The quantitative estimate of drug-likeness (QED) is 0.834. The van der Waals surface area contributed by atoms with Crippen LogP contribution in [-0.2, 0) is 4.74 Å². The monoisotopic (exact) mass is 264 g/mol. The third-order valence-electron chi connectivity index (χ3n) is 3.57. The summed E-state index contributed by atoms with van der Waals surface area (Å²) in [4.78, 5) is 6.00. The summed E-state index contributed by atoms with van der Waals surface area (Å²) in [6, 6.07) is 4.20. The lowest BCUT2D eigenvalue weighted by molar-refractivity contribution is 0.193. The van der Waals surface area contributed by atoms with Crippen molar-refractivity contribution in [1.29, 1.82) is 0 Å². The predicted octanol–water partition coefficient (Wildman–Crippen LogP) is 2.74. The third-order valence-corrected chi connectivity index (χ3v) is 3.57. The van der Waals surface area contributed by atoms with Gasteiger partial charge in [0, 0.05) is 37.0 Å². The summed E-state index contributed by atoms with van der Waals surface area (Å²) in [6.07, 6.45) is 2.46. The molecule has 0 bridgehead atoms. The van der Waals surface area contributed by atoms with E-state index in [1.807, 2.05) is 11.9 Å². The minimum atomic E-state index is -0.632. The molecule has 1 unspecified atom stereocenters. The van der Waals surface area contributed by atoms with Crippen LogP contribution in [0.15, 0.2) is 24.4 Å². The number of fused-ring (bicyclic) bond motifs is 1. The number of anilines is 1. The van der Waals surface area contributed by atoms with Crippen LogP contribution in [0.3, 0.4) is 0 Å². The third kappa shape index (κ3) is 2.14. The summed E-state index contributed by atoms with van der Waals surface area (Å²) >= 11 is 0. The average molecular weight is 264 g/mol. The zero-order valence-electron chi connectivity index (χ0n) is 10.6. The van der Waals surface area contributed by atoms with E-state index < -0.39 is 11.6 Å². The second-order valence-electron chi connectivity index (χ2n) is 4.74. The maximum Gasteiger partial charge on any atom is 0.152 e. The van der Waals surface area contributed by atoms with Crippen LogP contribution in [0, 0.1) is 11.6 Å². The van der Waals surface area contributed by atoms with Crippen molar-refractivity contribution < 1.29 is 13.5 Å². The molecule has 1 fully saturated rings. The highest BCUT2D eigenvalue weighted by Gasteiger charge is 2.22. The molecule has 3 rings (SSSR count). The van der Waals surface area contributed by atoms with E-state index in [-0.39, 0.29) is 11.6 Å². The molecule has 0 spiro atoms. The van der Waals surface area contributed by atoms with Crippen molar-refractivity contribution in [1.82, 2.24) is 4.98 Å². The summed E-state index contributed by atoms with van der Waals surface area (Å²) in [7, 11) is 1.91. The lowest BCUT2D eigenvalue weighted by Gasteiger charge is -2.26. The zero-order chi connectivity index (χ0) is 13.4. The fourth-order valence-electron chi connectivity index (χ4n) is 2.50. The van der Waals surface area contributed by atoms with Gasteiger partial charge in [-0.2, -0.15) is 0 Å². The van der Waals surface area contributed by atoms with Gasteiger partial charge in [-0.15, -0.1) is 0 Å². The van der Waals surface area contributed by atoms with Crippen molar-refractivity contribution in [2.24, 2.45) is 0 Å². The number of hydrogen-bond donors (Lipinski definition) is 0. The van der Waals surface area contributed by atoms with E-state index in [0.29, 0.717) is 12.0 Å². The van der Waals surface area contributed by atoms with E-state index in [4.69, 9.17) is 4.74 Å². The summed E-state index contributed by atoms with van der Waals surface area (Å²) in [6.45, 7) is 1.36. The molecule has 1 aliphatic rings. The highest BCUT2D eigenvalue weighted by atomic mass is 19.1. The second-order valence-corrected chi connectivity index (χ2v) is 4.74. The van der Waals surface area contributed by atoms with Crippen molar-refractivity contribution in [2.45, 2.75) is 12.5 Å². The summed E-state index contributed by atoms with van der Waals surface area (Å²) in [5.41, 5.74) is 0.976. The zero-order valence-corrected chi connectivity index (χ0v) is 10.6. The number of pyridine rings is 1. The fraction of sp³-hybridized carbons (Fsp3) is 0.357. The molecular weight excluding hydrogens is 250 g/mol. The van der Waals surface area contributed by atoms with Gasteiger partial charge >= 0.3 is 0 Å². The first-order chi connectivity index (χ1) is 9.16. The molecular formula is C14H14F2N2O. The van der Waals surface area contributed by atoms with Gasteiger partial charge in [-0.25, -0.2) is 8.78 Å².